The maximum atomic E-state index is 11.1. The summed E-state index contributed by atoms with van der Waals surface area (Å²) in [5, 5.41) is 11.1. The van der Waals surface area contributed by atoms with Crippen molar-refractivity contribution in [2.75, 3.05) is 26.2 Å². The number of hydrogen-bond donors (Lipinski definition) is 0. The predicted octanol–water partition coefficient (Wildman–Crippen LogP) is 4.66. The van der Waals surface area contributed by atoms with Crippen LogP contribution < -0.4 is 0 Å². The van der Waals surface area contributed by atoms with Crippen molar-refractivity contribution in [2.24, 2.45) is 0 Å². The summed E-state index contributed by atoms with van der Waals surface area (Å²) >= 11 is 0. The van der Waals surface area contributed by atoms with Crippen LogP contribution >= 0.6 is 0 Å². The van der Waals surface area contributed by atoms with Gasteiger partial charge in [0.05, 0.1) is 4.92 Å². The van der Waals surface area contributed by atoms with Gasteiger partial charge in [0.15, 0.2) is 0 Å². The Morgan fingerprint density at radius 2 is 1.43 bits per heavy atom. The summed E-state index contributed by atoms with van der Waals surface area (Å²) in [6.07, 6.45) is 8.25. The second kappa shape index (κ2) is 6.97. The Kier molecular flexibility index (Phi) is 4.30. The van der Waals surface area contributed by atoms with Gasteiger partial charge >= 0.3 is 0 Å². The van der Waals surface area contributed by atoms with Crippen molar-refractivity contribution in [1.82, 2.24) is 9.80 Å². The molecule has 2 aliphatic heterocycles. The lowest BCUT2D eigenvalue weighted by Crippen LogP contribution is -2.31. The van der Waals surface area contributed by atoms with Crippen LogP contribution in [0.4, 0.5) is 5.69 Å². The predicted molar refractivity (Wildman–Crippen MR) is 111 cm³/mol. The van der Waals surface area contributed by atoms with E-state index < -0.39 is 0 Å². The van der Waals surface area contributed by atoms with Gasteiger partial charge in [-0.2, -0.15) is 0 Å². The zero-order valence-corrected chi connectivity index (χ0v) is 16.1. The molecule has 0 unspecified atom stereocenters. The third kappa shape index (κ3) is 3.05. The van der Waals surface area contributed by atoms with Crippen molar-refractivity contribution in [2.45, 2.75) is 32.1 Å². The summed E-state index contributed by atoms with van der Waals surface area (Å²) in [4.78, 5) is 15.9. The number of hydrogen-bond acceptors (Lipinski definition) is 4. The molecule has 3 aliphatic rings. The Labute approximate surface area is 165 Å². The molecule has 144 valence electrons. The third-order valence-electron chi connectivity index (χ3n) is 6.26. The largest absolute Gasteiger partial charge is 0.358 e. The van der Waals surface area contributed by atoms with Crippen LogP contribution in [0.25, 0.3) is 17.2 Å². The highest BCUT2D eigenvalue weighted by Crippen LogP contribution is 2.39. The highest BCUT2D eigenvalue weighted by atomic mass is 16.6. The molecule has 0 atom stereocenters. The van der Waals surface area contributed by atoms with Gasteiger partial charge in [-0.25, -0.2) is 0 Å². The minimum Gasteiger partial charge on any atom is -0.358 e. The second-order valence-electron chi connectivity index (χ2n) is 8.08. The third-order valence-corrected chi connectivity index (χ3v) is 6.26. The van der Waals surface area contributed by atoms with Crippen molar-refractivity contribution < 1.29 is 4.92 Å². The van der Waals surface area contributed by atoms with Crippen LogP contribution in [-0.2, 0) is 6.42 Å². The molecule has 0 bridgehead atoms. The molecule has 0 saturated carbocycles. The molecule has 2 saturated heterocycles. The van der Waals surface area contributed by atoms with Crippen LogP contribution in [0, 0.1) is 10.1 Å². The van der Waals surface area contributed by atoms with Gasteiger partial charge in [-0.15, -0.1) is 0 Å². The minimum absolute atomic E-state index is 0.178. The number of fused-ring (bicyclic) bond motifs is 3. The van der Waals surface area contributed by atoms with Gasteiger partial charge in [0.1, 0.15) is 5.82 Å². The number of nitro benzene ring substituents is 1. The lowest BCUT2D eigenvalue weighted by atomic mass is 10.0. The highest BCUT2D eigenvalue weighted by Gasteiger charge is 2.24. The molecule has 1 aliphatic carbocycles. The molecule has 0 spiro atoms. The fraction of sp³-hybridized carbons (Fsp3) is 0.391. The average molecular weight is 375 g/mol. The number of rotatable bonds is 4. The molecule has 0 amide bonds. The van der Waals surface area contributed by atoms with Crippen molar-refractivity contribution in [3.05, 3.63) is 69.0 Å². The Morgan fingerprint density at radius 3 is 2.04 bits per heavy atom. The number of benzene rings is 2. The van der Waals surface area contributed by atoms with Crippen LogP contribution in [0.2, 0.25) is 0 Å². The van der Waals surface area contributed by atoms with Crippen molar-refractivity contribution in [1.29, 1.82) is 0 Å². The van der Waals surface area contributed by atoms with Crippen LogP contribution in [0.1, 0.15) is 42.4 Å². The summed E-state index contributed by atoms with van der Waals surface area (Å²) in [6.45, 7) is 4.62. The summed E-state index contributed by atoms with van der Waals surface area (Å²) in [7, 11) is 0. The molecule has 5 heteroatoms. The van der Waals surface area contributed by atoms with Gasteiger partial charge in [0, 0.05) is 38.3 Å². The quantitative estimate of drug-likeness (QED) is 0.492. The number of nitro groups is 1. The number of non-ortho nitro benzene ring substituents is 1. The van der Waals surface area contributed by atoms with Crippen LogP contribution in [-0.4, -0.2) is 40.9 Å². The summed E-state index contributed by atoms with van der Waals surface area (Å²) in [6, 6.07) is 11.9. The van der Waals surface area contributed by atoms with E-state index in [-0.39, 0.29) is 10.6 Å². The van der Waals surface area contributed by atoms with E-state index in [4.69, 9.17) is 0 Å². The Morgan fingerprint density at radius 1 is 0.857 bits per heavy atom. The first-order valence-electron chi connectivity index (χ1n) is 10.3. The van der Waals surface area contributed by atoms with Crippen LogP contribution in [0.3, 0.4) is 0 Å². The first-order chi connectivity index (χ1) is 13.7. The molecule has 0 aromatic heterocycles. The van der Waals surface area contributed by atoms with Gasteiger partial charge in [0.2, 0.25) is 0 Å². The van der Waals surface area contributed by atoms with E-state index in [1.165, 1.54) is 48.2 Å². The molecule has 5 nitrogen and oxygen atoms in total. The standard InChI is InChI=1S/C23H25N3O2/c27-26(28)20-6-8-22-19(16-20)15-18-13-17(5-7-21(18)22)14-23(24-9-1-2-10-24)25-11-3-4-12-25/h5-8,13-14,16H,1-4,9-12,15H2. The fourth-order valence-corrected chi connectivity index (χ4v) is 4.84. The van der Waals surface area contributed by atoms with Crippen LogP contribution in [0.15, 0.2) is 42.2 Å². The summed E-state index contributed by atoms with van der Waals surface area (Å²) < 4.78 is 0. The molecule has 0 radical (unpaired) electrons. The SMILES string of the molecule is O=[N+]([O-])c1ccc2c(c1)Cc1cc(C=C(N3CCCC3)N3CCCC3)ccc1-2. The molecule has 0 N–H and O–H groups in total. The topological polar surface area (TPSA) is 49.6 Å². The monoisotopic (exact) mass is 375 g/mol. The smallest absolute Gasteiger partial charge is 0.269 e. The van der Waals surface area contributed by atoms with E-state index in [0.717, 1.165) is 43.7 Å². The van der Waals surface area contributed by atoms with Gasteiger partial charge in [-0.05, 0) is 72.1 Å². The fourth-order valence-electron chi connectivity index (χ4n) is 4.84. The minimum atomic E-state index is -0.310. The zero-order chi connectivity index (χ0) is 19.1. The summed E-state index contributed by atoms with van der Waals surface area (Å²) in [5.74, 6) is 1.38. The van der Waals surface area contributed by atoms with Gasteiger partial charge in [-0.1, -0.05) is 18.2 Å². The molecule has 28 heavy (non-hydrogen) atoms. The van der Waals surface area contributed by atoms with Gasteiger partial charge in [-0.3, -0.25) is 10.1 Å². The van der Waals surface area contributed by atoms with Crippen molar-refractivity contribution in [3.63, 3.8) is 0 Å². The van der Waals surface area contributed by atoms with Gasteiger partial charge < -0.3 is 9.80 Å². The van der Waals surface area contributed by atoms with Crippen molar-refractivity contribution in [3.8, 4) is 11.1 Å². The van der Waals surface area contributed by atoms with Gasteiger partial charge in [0.25, 0.3) is 5.69 Å². The Balaban J connectivity index is 1.47. The van der Waals surface area contributed by atoms with Crippen molar-refractivity contribution >= 4 is 11.8 Å². The first-order valence-corrected chi connectivity index (χ1v) is 10.3. The lowest BCUT2D eigenvalue weighted by Gasteiger charge is -2.30. The van der Waals surface area contributed by atoms with E-state index in [2.05, 4.69) is 34.1 Å². The van der Waals surface area contributed by atoms with E-state index in [9.17, 15) is 10.1 Å². The molecule has 2 heterocycles. The molecule has 2 aromatic carbocycles. The molecular weight excluding hydrogens is 350 g/mol. The maximum Gasteiger partial charge on any atom is 0.269 e. The maximum absolute atomic E-state index is 11.1. The molecule has 5 rings (SSSR count). The second-order valence-corrected chi connectivity index (χ2v) is 8.08. The summed E-state index contributed by atoms with van der Waals surface area (Å²) in [5.41, 5.74) is 6.09. The molecule has 2 fully saturated rings. The normalized spacial score (nSPS) is 17.6. The lowest BCUT2D eigenvalue weighted by molar-refractivity contribution is -0.384. The van der Waals surface area contributed by atoms with E-state index in [0.29, 0.717) is 0 Å². The van der Waals surface area contributed by atoms with E-state index >= 15 is 0 Å². The van der Waals surface area contributed by atoms with Crippen LogP contribution in [0.5, 0.6) is 0 Å². The van der Waals surface area contributed by atoms with E-state index in [1.54, 1.807) is 12.1 Å². The van der Waals surface area contributed by atoms with E-state index in [1.807, 2.05) is 6.07 Å². The molecular formula is C23H25N3O2. The molecule has 2 aromatic rings. The number of likely N-dealkylation sites (tertiary alicyclic amines) is 2. The zero-order valence-electron chi connectivity index (χ0n) is 16.1. The Hall–Kier alpha value is -2.82. The number of nitrogens with zero attached hydrogens (tertiary/aromatic N) is 3. The average Bonchev–Trinajstić information content (AvgIpc) is 3.45. The Bertz CT molecular complexity index is 936. The first kappa shape index (κ1) is 17.3. The highest BCUT2D eigenvalue weighted by molar-refractivity contribution is 5.79.